The standard InChI is InChI=1S/C16H14BrClN2O3/c1-9-6-10(17)2-5-14(9)20-15(21)8-23-16(22)12-7-11(18)3-4-13(12)19/h2-7H,8,19H2,1H3,(H,20,21). The minimum Gasteiger partial charge on any atom is -0.452 e. The van der Waals surface area contributed by atoms with Crippen molar-refractivity contribution in [2.24, 2.45) is 0 Å². The van der Waals surface area contributed by atoms with Crippen molar-refractivity contribution >= 4 is 50.8 Å². The van der Waals surface area contributed by atoms with E-state index in [1.807, 2.05) is 13.0 Å². The molecule has 0 aliphatic heterocycles. The number of aryl methyl sites for hydroxylation is 1. The Labute approximate surface area is 146 Å². The number of carbonyl (C=O) groups excluding carboxylic acids is 2. The zero-order valence-corrected chi connectivity index (χ0v) is 14.6. The molecule has 0 aliphatic rings. The van der Waals surface area contributed by atoms with Crippen molar-refractivity contribution in [2.75, 3.05) is 17.7 Å². The minimum atomic E-state index is -0.701. The average Bonchev–Trinajstić information content (AvgIpc) is 2.50. The number of ether oxygens (including phenoxy) is 1. The molecule has 0 heterocycles. The van der Waals surface area contributed by atoms with Gasteiger partial charge in [-0.15, -0.1) is 0 Å². The SMILES string of the molecule is Cc1cc(Br)ccc1NC(=O)COC(=O)c1cc(Cl)ccc1N. The number of amides is 1. The van der Waals surface area contributed by atoms with Crippen LogP contribution < -0.4 is 11.1 Å². The van der Waals surface area contributed by atoms with Gasteiger partial charge in [-0.1, -0.05) is 27.5 Å². The Kier molecular flexibility index (Phi) is 5.63. The van der Waals surface area contributed by atoms with Crippen LogP contribution in [-0.2, 0) is 9.53 Å². The highest BCUT2D eigenvalue weighted by Gasteiger charge is 2.14. The van der Waals surface area contributed by atoms with E-state index >= 15 is 0 Å². The number of anilines is 2. The van der Waals surface area contributed by atoms with Crippen LogP contribution in [0, 0.1) is 6.92 Å². The molecule has 0 aromatic heterocycles. The Morgan fingerprint density at radius 3 is 2.70 bits per heavy atom. The lowest BCUT2D eigenvalue weighted by molar-refractivity contribution is -0.119. The number of halogens is 2. The number of hydrogen-bond acceptors (Lipinski definition) is 4. The number of carbonyl (C=O) groups is 2. The topological polar surface area (TPSA) is 81.4 Å². The highest BCUT2D eigenvalue weighted by atomic mass is 79.9. The number of rotatable bonds is 4. The molecule has 0 bridgehead atoms. The summed E-state index contributed by atoms with van der Waals surface area (Å²) < 4.78 is 5.88. The van der Waals surface area contributed by atoms with Crippen LogP contribution in [0.3, 0.4) is 0 Å². The maximum Gasteiger partial charge on any atom is 0.340 e. The van der Waals surface area contributed by atoms with E-state index < -0.39 is 18.5 Å². The van der Waals surface area contributed by atoms with Crippen LogP contribution in [0.25, 0.3) is 0 Å². The summed E-state index contributed by atoms with van der Waals surface area (Å²) in [5.41, 5.74) is 7.60. The largest absolute Gasteiger partial charge is 0.452 e. The van der Waals surface area contributed by atoms with Gasteiger partial charge in [-0.3, -0.25) is 4.79 Å². The fraction of sp³-hybridized carbons (Fsp3) is 0.125. The summed E-state index contributed by atoms with van der Waals surface area (Å²) in [6.45, 7) is 1.44. The van der Waals surface area contributed by atoms with Gasteiger partial charge in [0.25, 0.3) is 5.91 Å². The number of nitrogens with one attached hydrogen (secondary N) is 1. The van der Waals surface area contributed by atoms with Crippen LogP contribution in [0.1, 0.15) is 15.9 Å². The summed E-state index contributed by atoms with van der Waals surface area (Å²) in [4.78, 5) is 23.8. The monoisotopic (exact) mass is 396 g/mol. The predicted molar refractivity (Wildman–Crippen MR) is 93.7 cm³/mol. The van der Waals surface area contributed by atoms with E-state index in [-0.39, 0.29) is 11.3 Å². The van der Waals surface area contributed by atoms with Gasteiger partial charge in [0, 0.05) is 20.9 Å². The van der Waals surface area contributed by atoms with Crippen molar-refractivity contribution in [1.82, 2.24) is 0 Å². The molecule has 2 rings (SSSR count). The first-order chi connectivity index (χ1) is 10.9. The van der Waals surface area contributed by atoms with Gasteiger partial charge in [-0.2, -0.15) is 0 Å². The molecule has 0 aliphatic carbocycles. The molecule has 2 aromatic rings. The normalized spacial score (nSPS) is 10.2. The summed E-state index contributed by atoms with van der Waals surface area (Å²) in [5.74, 6) is -1.14. The molecular weight excluding hydrogens is 384 g/mol. The van der Waals surface area contributed by atoms with Crippen molar-refractivity contribution < 1.29 is 14.3 Å². The molecule has 0 unspecified atom stereocenters. The molecule has 0 atom stereocenters. The molecular formula is C16H14BrClN2O3. The Morgan fingerprint density at radius 2 is 2.00 bits per heavy atom. The lowest BCUT2D eigenvalue weighted by Gasteiger charge is -2.10. The van der Waals surface area contributed by atoms with Gasteiger partial charge >= 0.3 is 5.97 Å². The van der Waals surface area contributed by atoms with Crippen LogP contribution in [0.15, 0.2) is 40.9 Å². The number of esters is 1. The van der Waals surface area contributed by atoms with E-state index in [1.165, 1.54) is 12.1 Å². The first kappa shape index (κ1) is 17.3. The zero-order valence-electron chi connectivity index (χ0n) is 12.2. The minimum absolute atomic E-state index is 0.130. The van der Waals surface area contributed by atoms with Gasteiger partial charge in [-0.05, 0) is 48.9 Å². The van der Waals surface area contributed by atoms with Gasteiger partial charge in [0.2, 0.25) is 0 Å². The molecule has 0 spiro atoms. The second kappa shape index (κ2) is 7.48. The molecule has 2 aromatic carbocycles. The van der Waals surface area contributed by atoms with Crippen molar-refractivity contribution in [3.63, 3.8) is 0 Å². The first-order valence-electron chi connectivity index (χ1n) is 6.65. The van der Waals surface area contributed by atoms with Gasteiger partial charge in [0.1, 0.15) is 0 Å². The summed E-state index contributed by atoms with van der Waals surface area (Å²) in [5, 5.41) is 3.04. The molecule has 5 nitrogen and oxygen atoms in total. The molecule has 3 N–H and O–H groups in total. The number of nitrogens with two attached hydrogens (primary N) is 1. The number of hydrogen-bond donors (Lipinski definition) is 2. The first-order valence-corrected chi connectivity index (χ1v) is 7.82. The maximum absolute atomic E-state index is 11.9. The van der Waals surface area contributed by atoms with E-state index in [9.17, 15) is 9.59 Å². The van der Waals surface area contributed by atoms with E-state index in [1.54, 1.807) is 18.2 Å². The van der Waals surface area contributed by atoms with Crippen molar-refractivity contribution in [3.8, 4) is 0 Å². The highest BCUT2D eigenvalue weighted by Crippen LogP contribution is 2.20. The fourth-order valence-electron chi connectivity index (χ4n) is 1.87. The second-order valence-corrected chi connectivity index (χ2v) is 6.17. The molecule has 120 valence electrons. The highest BCUT2D eigenvalue weighted by molar-refractivity contribution is 9.10. The van der Waals surface area contributed by atoms with Crippen molar-refractivity contribution in [1.29, 1.82) is 0 Å². The second-order valence-electron chi connectivity index (χ2n) is 4.82. The summed E-state index contributed by atoms with van der Waals surface area (Å²) >= 11 is 9.16. The Bertz CT molecular complexity index is 765. The van der Waals surface area contributed by atoms with Gasteiger partial charge < -0.3 is 15.8 Å². The molecule has 7 heteroatoms. The van der Waals surface area contributed by atoms with Crippen LogP contribution in [0.5, 0.6) is 0 Å². The average molecular weight is 398 g/mol. The lowest BCUT2D eigenvalue weighted by Crippen LogP contribution is -2.21. The van der Waals surface area contributed by atoms with Gasteiger partial charge in [0.05, 0.1) is 5.56 Å². The number of nitrogen functional groups attached to an aromatic ring is 1. The van der Waals surface area contributed by atoms with E-state index in [0.717, 1.165) is 10.0 Å². The van der Waals surface area contributed by atoms with E-state index in [4.69, 9.17) is 22.1 Å². The van der Waals surface area contributed by atoms with Crippen LogP contribution in [0.4, 0.5) is 11.4 Å². The Hall–Kier alpha value is -2.05. The third-order valence-electron chi connectivity index (χ3n) is 3.03. The van der Waals surface area contributed by atoms with E-state index in [0.29, 0.717) is 10.7 Å². The quantitative estimate of drug-likeness (QED) is 0.607. The Balaban J connectivity index is 1.96. The fourth-order valence-corrected chi connectivity index (χ4v) is 2.52. The van der Waals surface area contributed by atoms with Crippen LogP contribution in [-0.4, -0.2) is 18.5 Å². The summed E-state index contributed by atoms with van der Waals surface area (Å²) in [7, 11) is 0. The third kappa shape index (κ3) is 4.71. The smallest absolute Gasteiger partial charge is 0.340 e. The molecule has 0 fully saturated rings. The third-order valence-corrected chi connectivity index (χ3v) is 3.76. The molecule has 23 heavy (non-hydrogen) atoms. The summed E-state index contributed by atoms with van der Waals surface area (Å²) in [6, 6.07) is 9.90. The maximum atomic E-state index is 11.9. The molecule has 0 saturated carbocycles. The lowest BCUT2D eigenvalue weighted by atomic mass is 10.2. The molecule has 0 radical (unpaired) electrons. The van der Waals surface area contributed by atoms with Crippen molar-refractivity contribution in [3.05, 3.63) is 57.0 Å². The molecule has 0 saturated heterocycles. The molecule has 1 amide bonds. The van der Waals surface area contributed by atoms with Gasteiger partial charge in [-0.25, -0.2) is 4.79 Å². The Morgan fingerprint density at radius 1 is 1.26 bits per heavy atom. The van der Waals surface area contributed by atoms with Gasteiger partial charge in [0.15, 0.2) is 6.61 Å². The van der Waals surface area contributed by atoms with Crippen LogP contribution in [0.2, 0.25) is 5.02 Å². The zero-order chi connectivity index (χ0) is 17.0. The summed E-state index contributed by atoms with van der Waals surface area (Å²) in [6.07, 6.45) is 0. The predicted octanol–water partition coefficient (Wildman–Crippen LogP) is 3.79. The number of benzene rings is 2. The van der Waals surface area contributed by atoms with Crippen LogP contribution >= 0.6 is 27.5 Å². The van der Waals surface area contributed by atoms with Crippen molar-refractivity contribution in [2.45, 2.75) is 6.92 Å². The van der Waals surface area contributed by atoms with E-state index in [2.05, 4.69) is 21.2 Å².